The molecular weight excluding hydrogens is 342 g/mol. The molecule has 0 fully saturated rings. The molecule has 0 saturated heterocycles. The summed E-state index contributed by atoms with van der Waals surface area (Å²) in [4.78, 5) is 34.7. The number of aromatic amines is 1. The fourth-order valence-electron chi connectivity index (χ4n) is 3.27. The first-order chi connectivity index (χ1) is 13.0. The average Bonchev–Trinajstić information content (AvgIpc) is 2.64. The van der Waals surface area contributed by atoms with Gasteiger partial charge in [-0.05, 0) is 43.0 Å². The number of nitrogens with two attached hydrogens (primary N) is 1. The number of nitrogen functional groups attached to an aromatic ring is 1. The van der Waals surface area contributed by atoms with E-state index >= 15 is 0 Å². The van der Waals surface area contributed by atoms with Crippen molar-refractivity contribution < 1.29 is 0 Å². The molecule has 0 spiro atoms. The minimum atomic E-state index is -0.675. The van der Waals surface area contributed by atoms with E-state index in [9.17, 15) is 9.59 Å². The van der Waals surface area contributed by atoms with Crippen LogP contribution in [0.25, 0.3) is 22.6 Å². The van der Waals surface area contributed by atoms with Crippen LogP contribution >= 0.6 is 0 Å². The predicted molar refractivity (Wildman–Crippen MR) is 105 cm³/mol. The van der Waals surface area contributed by atoms with Crippen LogP contribution in [-0.2, 0) is 13.0 Å². The fourth-order valence-corrected chi connectivity index (χ4v) is 3.27. The molecule has 2 aromatic rings. The summed E-state index contributed by atoms with van der Waals surface area (Å²) in [6.07, 6.45) is 1.69. The molecule has 0 aliphatic carbocycles. The number of H-pyrrole nitrogens is 1. The molecule has 0 saturated carbocycles. The van der Waals surface area contributed by atoms with E-state index in [0.29, 0.717) is 17.7 Å². The van der Waals surface area contributed by atoms with Gasteiger partial charge >= 0.3 is 5.69 Å². The zero-order valence-corrected chi connectivity index (χ0v) is 14.9. The number of aromatic nitrogens is 4. The molecule has 0 bridgehead atoms. The number of nitrogens with zero attached hydrogens (tertiary/aromatic N) is 3. The smallest absolute Gasteiger partial charge is 0.349 e. The Bertz CT molecular complexity index is 1210. The summed E-state index contributed by atoms with van der Waals surface area (Å²) < 4.78 is 1.87. The van der Waals surface area contributed by atoms with E-state index < -0.39 is 11.2 Å². The normalized spacial score (nSPS) is 11.3. The van der Waals surface area contributed by atoms with Crippen LogP contribution in [0.5, 0.6) is 0 Å². The van der Waals surface area contributed by atoms with E-state index in [1.54, 1.807) is 0 Å². The molecule has 7 nitrogen and oxygen atoms in total. The minimum Gasteiger partial charge on any atom is -0.398 e. The molecular formula is C20H19N5O2. The molecule has 3 N–H and O–H groups in total. The molecule has 2 aliphatic rings. The molecule has 2 heterocycles. The Balaban J connectivity index is 1.85. The van der Waals surface area contributed by atoms with E-state index in [1.165, 1.54) is 5.56 Å². The number of aryl methyl sites for hydroxylation is 3. The van der Waals surface area contributed by atoms with Crippen LogP contribution in [0.3, 0.4) is 0 Å². The Kier molecular flexibility index (Phi) is 4.19. The average molecular weight is 361 g/mol. The van der Waals surface area contributed by atoms with Gasteiger partial charge < -0.3 is 10.3 Å². The van der Waals surface area contributed by atoms with Gasteiger partial charge in [0.25, 0.3) is 5.56 Å². The van der Waals surface area contributed by atoms with Gasteiger partial charge in [0.15, 0.2) is 11.5 Å². The number of benzene rings is 2. The quantitative estimate of drug-likeness (QED) is 0.428. The van der Waals surface area contributed by atoms with E-state index in [0.717, 1.165) is 23.9 Å². The highest BCUT2D eigenvalue weighted by Crippen LogP contribution is 2.25. The lowest BCUT2D eigenvalue weighted by molar-refractivity contribution is 0.649. The van der Waals surface area contributed by atoms with Crippen molar-refractivity contribution in [2.45, 2.75) is 26.3 Å². The lowest BCUT2D eigenvalue weighted by Crippen LogP contribution is -2.29. The van der Waals surface area contributed by atoms with Gasteiger partial charge in [0, 0.05) is 12.2 Å². The molecule has 4 rings (SSSR count). The van der Waals surface area contributed by atoms with Gasteiger partial charge in [-0.15, -0.1) is 0 Å². The van der Waals surface area contributed by atoms with E-state index in [2.05, 4.69) is 27.1 Å². The molecule has 0 unspecified atom stereocenters. The lowest BCUT2D eigenvalue weighted by atomic mass is 10.1. The number of nitrogens with one attached hydrogen (secondary N) is 1. The van der Waals surface area contributed by atoms with Gasteiger partial charge in [-0.2, -0.15) is 4.98 Å². The summed E-state index contributed by atoms with van der Waals surface area (Å²) >= 11 is 0. The summed E-state index contributed by atoms with van der Waals surface area (Å²) in [7, 11) is 0. The highest BCUT2D eigenvalue weighted by molar-refractivity contribution is 5.83. The molecule has 2 aliphatic heterocycles. The molecule has 136 valence electrons. The van der Waals surface area contributed by atoms with Crippen LogP contribution < -0.4 is 17.0 Å². The maximum atomic E-state index is 12.2. The Labute approximate surface area is 154 Å². The molecule has 2 aromatic carbocycles. The summed E-state index contributed by atoms with van der Waals surface area (Å²) in [6, 6.07) is 13.8. The second kappa shape index (κ2) is 6.68. The molecule has 0 radical (unpaired) electrons. The SMILES string of the molecule is Cc1cc2nc3c(=O)[nH]c(=O)nc-3n(CCCc3ccccc3)c2cc1N. The summed E-state index contributed by atoms with van der Waals surface area (Å²) in [5.41, 5.74) is 9.20. The van der Waals surface area contributed by atoms with Gasteiger partial charge in [0.1, 0.15) is 0 Å². The van der Waals surface area contributed by atoms with Crippen molar-refractivity contribution in [1.82, 2.24) is 19.5 Å². The number of fused-ring (bicyclic) bond motifs is 2. The van der Waals surface area contributed by atoms with Crippen molar-refractivity contribution >= 4 is 16.7 Å². The van der Waals surface area contributed by atoms with Gasteiger partial charge in [-0.3, -0.25) is 9.78 Å². The second-order valence-electron chi connectivity index (χ2n) is 6.59. The summed E-state index contributed by atoms with van der Waals surface area (Å²) in [5, 5.41) is 0. The molecule has 0 amide bonds. The third kappa shape index (κ3) is 3.19. The van der Waals surface area contributed by atoms with Crippen LogP contribution in [-0.4, -0.2) is 19.5 Å². The van der Waals surface area contributed by atoms with Crippen molar-refractivity contribution in [3.8, 4) is 11.5 Å². The van der Waals surface area contributed by atoms with Crippen molar-refractivity contribution in [2.24, 2.45) is 0 Å². The zero-order valence-electron chi connectivity index (χ0n) is 14.9. The third-order valence-electron chi connectivity index (χ3n) is 4.69. The van der Waals surface area contributed by atoms with E-state index in [4.69, 9.17) is 5.73 Å². The predicted octanol–water partition coefficient (Wildman–Crippen LogP) is 2.11. The first-order valence-corrected chi connectivity index (χ1v) is 8.77. The van der Waals surface area contributed by atoms with E-state index in [1.807, 2.05) is 41.8 Å². The van der Waals surface area contributed by atoms with Crippen LogP contribution in [0.4, 0.5) is 5.69 Å². The monoisotopic (exact) mass is 361 g/mol. The number of rotatable bonds is 4. The van der Waals surface area contributed by atoms with Crippen LogP contribution in [0.15, 0.2) is 52.1 Å². The highest BCUT2D eigenvalue weighted by atomic mass is 16.2. The number of hydrogen-bond donors (Lipinski definition) is 2. The Morgan fingerprint density at radius 3 is 2.67 bits per heavy atom. The van der Waals surface area contributed by atoms with Crippen LogP contribution in [0.1, 0.15) is 17.5 Å². The highest BCUT2D eigenvalue weighted by Gasteiger charge is 2.19. The lowest BCUT2D eigenvalue weighted by Gasteiger charge is -2.17. The van der Waals surface area contributed by atoms with Gasteiger partial charge in [0.05, 0.1) is 11.0 Å². The Morgan fingerprint density at radius 2 is 1.89 bits per heavy atom. The third-order valence-corrected chi connectivity index (χ3v) is 4.69. The molecule has 7 heteroatoms. The van der Waals surface area contributed by atoms with Crippen molar-refractivity contribution in [3.05, 3.63) is 74.4 Å². The summed E-state index contributed by atoms with van der Waals surface area (Å²) in [6.45, 7) is 2.48. The topological polar surface area (TPSA) is 107 Å². The number of anilines is 1. The Hall–Kier alpha value is -3.48. The van der Waals surface area contributed by atoms with Gasteiger partial charge in [-0.25, -0.2) is 9.78 Å². The molecule has 0 atom stereocenters. The fraction of sp³-hybridized carbons (Fsp3) is 0.200. The molecule has 0 aromatic heterocycles. The van der Waals surface area contributed by atoms with Gasteiger partial charge in [0.2, 0.25) is 0 Å². The summed E-state index contributed by atoms with van der Waals surface area (Å²) in [5.74, 6) is 0.285. The number of hydrogen-bond acceptors (Lipinski definition) is 5. The Morgan fingerprint density at radius 1 is 1.11 bits per heavy atom. The first-order valence-electron chi connectivity index (χ1n) is 8.77. The maximum absolute atomic E-state index is 12.2. The first kappa shape index (κ1) is 17.0. The zero-order chi connectivity index (χ0) is 19.0. The largest absolute Gasteiger partial charge is 0.398 e. The standard InChI is InChI=1S/C20H19N5O2/c1-12-10-15-16(11-14(12)21)25(9-5-8-13-6-3-2-4-7-13)18-17(22-15)19(26)24-20(27)23-18/h2-4,6-7,10-11H,5,8-9,21H2,1H3,(H,24,26,27). The van der Waals surface area contributed by atoms with Crippen molar-refractivity contribution in [2.75, 3.05) is 5.73 Å². The molecule has 27 heavy (non-hydrogen) atoms. The van der Waals surface area contributed by atoms with Gasteiger partial charge in [-0.1, -0.05) is 30.3 Å². The van der Waals surface area contributed by atoms with Crippen molar-refractivity contribution in [3.63, 3.8) is 0 Å². The maximum Gasteiger partial charge on any atom is 0.349 e. The second-order valence-corrected chi connectivity index (χ2v) is 6.59. The van der Waals surface area contributed by atoms with Crippen LogP contribution in [0.2, 0.25) is 0 Å². The minimum absolute atomic E-state index is 0.158. The van der Waals surface area contributed by atoms with E-state index in [-0.39, 0.29) is 11.5 Å². The van der Waals surface area contributed by atoms with Crippen molar-refractivity contribution in [1.29, 1.82) is 0 Å². The van der Waals surface area contributed by atoms with Crippen LogP contribution in [0, 0.1) is 6.92 Å².